The average molecular weight is 454 g/mol. The fourth-order valence-corrected chi connectivity index (χ4v) is 4.00. The zero-order chi connectivity index (χ0) is 22.9. The smallest absolute Gasteiger partial charge is 0.417 e. The third-order valence-electron chi connectivity index (χ3n) is 3.84. The maximum absolute atomic E-state index is 13.4. The molecule has 0 radical (unpaired) electrons. The lowest BCUT2D eigenvalue weighted by molar-refractivity contribution is -0.138. The number of rotatable bonds is 5. The van der Waals surface area contributed by atoms with Gasteiger partial charge in [-0.25, -0.2) is 13.2 Å². The van der Waals surface area contributed by atoms with Crippen LogP contribution in [-0.2, 0) is 26.9 Å². The molecule has 2 rings (SSSR count). The highest BCUT2D eigenvalue weighted by molar-refractivity contribution is 7.91. The van der Waals surface area contributed by atoms with E-state index in [1.54, 1.807) is 13.8 Å². The van der Waals surface area contributed by atoms with Crippen LogP contribution in [0.5, 0.6) is 0 Å². The van der Waals surface area contributed by atoms with E-state index in [0.717, 1.165) is 24.3 Å². The normalized spacial score (nSPS) is 12.8. The second-order valence-corrected chi connectivity index (χ2v) is 8.62. The Morgan fingerprint density at radius 2 is 1.57 bits per heavy atom. The van der Waals surface area contributed by atoms with Crippen molar-refractivity contribution in [2.45, 2.75) is 36.0 Å². The molecule has 0 aliphatic heterocycles. The molecule has 0 saturated carbocycles. The average Bonchev–Trinajstić information content (AvgIpc) is 2.64. The van der Waals surface area contributed by atoms with Gasteiger partial charge in [-0.15, -0.1) is 0 Å². The molecular weight excluding hydrogens is 438 g/mol. The van der Waals surface area contributed by atoms with Gasteiger partial charge in [0.25, 0.3) is 0 Å². The van der Waals surface area contributed by atoms with E-state index in [1.165, 1.54) is 0 Å². The Hall–Kier alpha value is -2.56. The number of sulfone groups is 1. The highest BCUT2D eigenvalue weighted by Gasteiger charge is 2.40. The van der Waals surface area contributed by atoms with Crippen molar-refractivity contribution in [2.24, 2.45) is 5.92 Å². The van der Waals surface area contributed by atoms with E-state index in [9.17, 15) is 39.6 Å². The van der Waals surface area contributed by atoms with E-state index in [0.29, 0.717) is 18.2 Å². The van der Waals surface area contributed by atoms with E-state index in [2.05, 4.69) is 0 Å². The van der Waals surface area contributed by atoms with E-state index in [-0.39, 0.29) is 12.5 Å². The minimum atomic E-state index is -5.11. The number of hydrogen-bond acceptors (Lipinski definition) is 4. The molecule has 2 aromatic rings. The lowest BCUT2D eigenvalue weighted by atomic mass is 10.1. The Kier molecular flexibility index (Phi) is 6.55. The highest BCUT2D eigenvalue weighted by atomic mass is 32.2. The molecule has 0 spiro atoms. The van der Waals surface area contributed by atoms with Crippen molar-refractivity contribution in [2.75, 3.05) is 6.61 Å². The molecule has 11 heteroatoms. The fraction of sp³-hybridized carbons (Fsp3) is 0.316. The van der Waals surface area contributed by atoms with Gasteiger partial charge in [-0.2, -0.15) is 26.3 Å². The van der Waals surface area contributed by atoms with E-state index in [1.807, 2.05) is 0 Å². The van der Waals surface area contributed by atoms with Crippen molar-refractivity contribution in [3.63, 3.8) is 0 Å². The van der Waals surface area contributed by atoms with Crippen molar-refractivity contribution >= 4 is 15.8 Å². The van der Waals surface area contributed by atoms with Gasteiger partial charge in [0, 0.05) is 0 Å². The summed E-state index contributed by atoms with van der Waals surface area (Å²) in [7, 11) is -4.92. The zero-order valence-corrected chi connectivity index (χ0v) is 16.5. The Balaban J connectivity index is 2.73. The van der Waals surface area contributed by atoms with Crippen molar-refractivity contribution < 1.29 is 44.3 Å². The molecule has 0 heterocycles. The van der Waals surface area contributed by atoms with Gasteiger partial charge >= 0.3 is 18.3 Å². The minimum absolute atomic E-state index is 0.254. The minimum Gasteiger partial charge on any atom is -0.462 e. The molecule has 0 N–H and O–H groups in total. The molecule has 0 bridgehead atoms. The molecule has 4 nitrogen and oxygen atoms in total. The van der Waals surface area contributed by atoms with Crippen molar-refractivity contribution in [3.05, 3.63) is 59.2 Å². The third kappa shape index (κ3) is 5.13. The predicted molar refractivity (Wildman–Crippen MR) is 93.5 cm³/mol. The summed E-state index contributed by atoms with van der Waals surface area (Å²) in [6.45, 7) is 2.94. The van der Waals surface area contributed by atoms with E-state index < -0.39 is 54.6 Å². The Bertz CT molecular complexity index is 1040. The van der Waals surface area contributed by atoms with E-state index in [4.69, 9.17) is 4.74 Å². The summed E-state index contributed by atoms with van der Waals surface area (Å²) in [5.41, 5.74) is -4.15. The Morgan fingerprint density at radius 3 is 2.10 bits per heavy atom. The van der Waals surface area contributed by atoms with Crippen LogP contribution in [0, 0.1) is 5.92 Å². The first-order chi connectivity index (χ1) is 13.7. The first-order valence-electron chi connectivity index (χ1n) is 8.45. The van der Waals surface area contributed by atoms with Gasteiger partial charge in [-0.3, -0.25) is 0 Å². The molecule has 0 aliphatic rings. The van der Waals surface area contributed by atoms with Crippen LogP contribution in [0.1, 0.15) is 35.3 Å². The van der Waals surface area contributed by atoms with Crippen LogP contribution < -0.4 is 0 Å². The van der Waals surface area contributed by atoms with Crippen molar-refractivity contribution in [3.8, 4) is 0 Å². The van der Waals surface area contributed by atoms with E-state index >= 15 is 0 Å². The molecule has 0 amide bonds. The van der Waals surface area contributed by atoms with Crippen LogP contribution >= 0.6 is 0 Å². The molecule has 0 aromatic heterocycles. The standard InChI is InChI=1S/C19H16F6O4S/c1-11(2)10-29-17(26)16-14(19(23,24)25)7-4-8-15(16)30(27,28)13-6-3-5-12(9-13)18(20,21)22/h3-9,11H,10H2,1-2H3. The number of carbonyl (C=O) groups is 1. The summed E-state index contributed by atoms with van der Waals surface area (Å²) in [6, 6.07) is 4.48. The summed E-state index contributed by atoms with van der Waals surface area (Å²) < 4.78 is 110. The van der Waals surface area contributed by atoms with Gasteiger partial charge in [0.05, 0.1) is 33.1 Å². The molecule has 0 aliphatic carbocycles. The molecule has 0 saturated heterocycles. The lowest BCUT2D eigenvalue weighted by Gasteiger charge is -2.17. The summed E-state index contributed by atoms with van der Waals surface area (Å²) in [5, 5.41) is 0. The number of halogens is 6. The molecule has 2 aromatic carbocycles. The van der Waals surface area contributed by atoms with Crippen LogP contribution in [0.4, 0.5) is 26.3 Å². The second-order valence-electron chi connectivity index (χ2n) is 6.70. The van der Waals surface area contributed by atoms with Crippen molar-refractivity contribution in [1.82, 2.24) is 0 Å². The highest BCUT2D eigenvalue weighted by Crippen LogP contribution is 2.38. The predicted octanol–water partition coefficient (Wildman–Crippen LogP) is 5.37. The molecular formula is C19H16F6O4S. The topological polar surface area (TPSA) is 60.4 Å². The molecule has 0 fully saturated rings. The van der Waals surface area contributed by atoms with Gasteiger partial charge in [0.15, 0.2) is 0 Å². The number of esters is 1. The lowest BCUT2D eigenvalue weighted by Crippen LogP contribution is -2.21. The summed E-state index contributed by atoms with van der Waals surface area (Å²) in [5.74, 6) is -1.79. The second kappa shape index (κ2) is 8.29. The summed E-state index contributed by atoms with van der Waals surface area (Å²) in [4.78, 5) is 10.4. The van der Waals surface area contributed by atoms with Gasteiger partial charge in [-0.1, -0.05) is 26.0 Å². The van der Waals surface area contributed by atoms with Crippen LogP contribution in [0.2, 0.25) is 0 Å². The van der Waals surface area contributed by atoms with Crippen LogP contribution in [-0.4, -0.2) is 21.0 Å². The molecule has 30 heavy (non-hydrogen) atoms. The Labute approximate surface area is 168 Å². The van der Waals surface area contributed by atoms with Crippen LogP contribution in [0.25, 0.3) is 0 Å². The zero-order valence-electron chi connectivity index (χ0n) is 15.6. The number of alkyl halides is 6. The maximum atomic E-state index is 13.4. The van der Waals surface area contributed by atoms with Crippen molar-refractivity contribution in [1.29, 1.82) is 0 Å². The van der Waals surface area contributed by atoms with Crippen LogP contribution in [0.3, 0.4) is 0 Å². The fourth-order valence-electron chi connectivity index (χ4n) is 2.48. The number of carbonyl (C=O) groups excluding carboxylic acids is 1. The number of ether oxygens (including phenoxy) is 1. The van der Waals surface area contributed by atoms with Gasteiger partial charge in [0.2, 0.25) is 9.84 Å². The molecule has 0 unspecified atom stereocenters. The summed E-state index contributed by atoms with van der Waals surface area (Å²) >= 11 is 0. The SMILES string of the molecule is CC(C)COC(=O)c1c(C(F)(F)F)cccc1S(=O)(=O)c1cccc(C(F)(F)F)c1. The molecule has 0 atom stereocenters. The first kappa shape index (κ1) is 23.7. The first-order valence-corrected chi connectivity index (χ1v) is 9.93. The maximum Gasteiger partial charge on any atom is 0.417 e. The number of hydrogen-bond donors (Lipinski definition) is 0. The quantitative estimate of drug-likeness (QED) is 0.450. The monoisotopic (exact) mass is 454 g/mol. The Morgan fingerprint density at radius 1 is 0.967 bits per heavy atom. The largest absolute Gasteiger partial charge is 0.462 e. The van der Waals surface area contributed by atoms with Crippen LogP contribution in [0.15, 0.2) is 52.3 Å². The number of benzene rings is 2. The third-order valence-corrected chi connectivity index (χ3v) is 5.64. The van der Waals surface area contributed by atoms with Gasteiger partial charge in [0.1, 0.15) is 0 Å². The summed E-state index contributed by atoms with van der Waals surface area (Å²) in [6.07, 6.45) is -9.98. The van der Waals surface area contributed by atoms with Gasteiger partial charge in [-0.05, 0) is 36.2 Å². The molecule has 164 valence electrons. The van der Waals surface area contributed by atoms with Gasteiger partial charge < -0.3 is 4.74 Å².